The number of benzene rings is 1. The minimum atomic E-state index is -1.54. The molecule has 1 saturated heterocycles. The Labute approximate surface area is 228 Å². The van der Waals surface area contributed by atoms with Gasteiger partial charge < -0.3 is 44.7 Å². The number of H-pyrrole nitrogens is 1. The van der Waals surface area contributed by atoms with Crippen LogP contribution in [0.1, 0.15) is 55.0 Å². The van der Waals surface area contributed by atoms with E-state index in [4.69, 9.17) is 14.2 Å². The van der Waals surface area contributed by atoms with Crippen molar-refractivity contribution in [3.05, 3.63) is 40.6 Å². The van der Waals surface area contributed by atoms with E-state index in [1.807, 2.05) is 39.0 Å². The Morgan fingerprint density at radius 3 is 2.62 bits per heavy atom. The zero-order chi connectivity index (χ0) is 28.5. The van der Waals surface area contributed by atoms with Gasteiger partial charge in [-0.3, -0.25) is 9.89 Å². The molecule has 2 aromatic rings. The summed E-state index contributed by atoms with van der Waals surface area (Å²) in [6.45, 7) is 7.29. The first-order valence-corrected chi connectivity index (χ1v) is 13.2. The summed E-state index contributed by atoms with van der Waals surface area (Å²) in [7, 11) is 1.37. The van der Waals surface area contributed by atoms with Crippen molar-refractivity contribution in [1.82, 2.24) is 15.5 Å². The number of nitrogens with zero attached hydrogens (tertiary/aromatic N) is 1. The first-order valence-electron chi connectivity index (χ1n) is 13.2. The first kappa shape index (κ1) is 30.8. The summed E-state index contributed by atoms with van der Waals surface area (Å²) >= 11 is 0. The number of nitrogens with one attached hydrogen (secondary N) is 2. The summed E-state index contributed by atoms with van der Waals surface area (Å²) in [5.74, 6) is 0.823. The number of aromatic amines is 1. The highest BCUT2D eigenvalue weighted by atomic mass is 16.7. The van der Waals surface area contributed by atoms with Crippen LogP contribution in [0.15, 0.2) is 18.2 Å². The van der Waals surface area contributed by atoms with Crippen LogP contribution in [-0.4, -0.2) is 101 Å². The molecule has 0 saturated carbocycles. The van der Waals surface area contributed by atoms with Gasteiger partial charge in [0, 0.05) is 24.2 Å². The molecular weight excluding hydrogens is 510 g/mol. The zero-order valence-electron chi connectivity index (χ0n) is 22.9. The average molecular weight is 552 g/mol. The summed E-state index contributed by atoms with van der Waals surface area (Å²) in [4.78, 5) is 11.1. The van der Waals surface area contributed by atoms with Crippen molar-refractivity contribution >= 4 is 5.97 Å². The maximum Gasteiger partial charge on any atom is 0.306 e. The number of esters is 1. The molecule has 2 heterocycles. The Morgan fingerprint density at radius 2 is 1.95 bits per heavy atom. The molecule has 12 heteroatoms. The topological polar surface area (TPSA) is 176 Å². The molecule has 218 valence electrons. The van der Waals surface area contributed by atoms with Crippen molar-refractivity contribution in [2.45, 2.75) is 76.7 Å². The van der Waals surface area contributed by atoms with Crippen molar-refractivity contribution < 1.29 is 44.2 Å². The van der Waals surface area contributed by atoms with Crippen molar-refractivity contribution in [2.24, 2.45) is 0 Å². The average Bonchev–Trinajstić information content (AvgIpc) is 3.31. The third-order valence-electron chi connectivity index (χ3n) is 6.70. The molecule has 1 aliphatic heterocycles. The van der Waals surface area contributed by atoms with Crippen LogP contribution in [-0.2, 0) is 20.7 Å². The molecular formula is C27H41N3O9. The Balaban J connectivity index is 1.63. The van der Waals surface area contributed by atoms with Gasteiger partial charge in [0.05, 0.1) is 26.7 Å². The number of aliphatic hydroxyl groups excluding tert-OH is 4. The molecule has 0 aliphatic carbocycles. The lowest BCUT2D eigenvalue weighted by Gasteiger charge is -2.39. The van der Waals surface area contributed by atoms with Gasteiger partial charge in [0.1, 0.15) is 30.2 Å². The van der Waals surface area contributed by atoms with Crippen molar-refractivity contribution in [3.8, 4) is 11.6 Å². The van der Waals surface area contributed by atoms with E-state index in [1.54, 1.807) is 0 Å². The van der Waals surface area contributed by atoms with E-state index >= 15 is 0 Å². The Hall–Kier alpha value is -2.74. The van der Waals surface area contributed by atoms with Gasteiger partial charge in [-0.2, -0.15) is 0 Å². The number of carbonyl (C=O) groups is 1. The number of aryl methyl sites for hydroxylation is 1. The van der Waals surface area contributed by atoms with Crippen molar-refractivity contribution in [2.75, 3.05) is 33.4 Å². The molecule has 0 spiro atoms. The summed E-state index contributed by atoms with van der Waals surface area (Å²) in [5, 5.41) is 50.5. The summed E-state index contributed by atoms with van der Waals surface area (Å²) in [6.07, 6.45) is -5.35. The highest BCUT2D eigenvalue weighted by Gasteiger charge is 2.45. The number of hydrogen-bond donors (Lipinski definition) is 6. The SMILES string of the molecule is COC(=O)CCNCCCOc1ccc(Cc2c(O[C@@H]3O[C@H](CO)[C@@H](O)[C@H](O)[C@H]3O)n[nH]c2C(C)C)c(C)c1. The quantitative estimate of drug-likeness (QED) is 0.143. The Bertz CT molecular complexity index is 1060. The van der Waals surface area contributed by atoms with Gasteiger partial charge in [-0.1, -0.05) is 19.9 Å². The van der Waals surface area contributed by atoms with Crippen molar-refractivity contribution in [1.29, 1.82) is 0 Å². The minimum absolute atomic E-state index is 0.101. The number of aromatic nitrogens is 2. The van der Waals surface area contributed by atoms with Crippen LogP contribution in [0.5, 0.6) is 11.6 Å². The van der Waals surface area contributed by atoms with Gasteiger partial charge in [-0.25, -0.2) is 0 Å². The molecule has 1 fully saturated rings. The maximum absolute atomic E-state index is 11.1. The van der Waals surface area contributed by atoms with Gasteiger partial charge in [0.15, 0.2) is 0 Å². The molecule has 0 radical (unpaired) electrons. The van der Waals surface area contributed by atoms with E-state index in [9.17, 15) is 25.2 Å². The third-order valence-corrected chi connectivity index (χ3v) is 6.70. The third kappa shape index (κ3) is 8.13. The molecule has 3 rings (SSSR count). The minimum Gasteiger partial charge on any atom is -0.494 e. The number of hydrogen-bond acceptors (Lipinski definition) is 11. The highest BCUT2D eigenvalue weighted by Crippen LogP contribution is 2.32. The Morgan fingerprint density at radius 1 is 1.18 bits per heavy atom. The van der Waals surface area contributed by atoms with Crippen LogP contribution >= 0.6 is 0 Å². The molecule has 1 aliphatic rings. The number of aliphatic hydroxyl groups is 4. The van der Waals surface area contributed by atoms with E-state index in [0.717, 1.165) is 41.1 Å². The smallest absolute Gasteiger partial charge is 0.306 e. The standard InChI is InChI=1S/C27H41N3O9/c1-15(2)22-19(26(30-29-22)39-27-25(35)24(34)23(33)20(14-31)38-27)13-17-6-7-18(12-16(17)3)37-11-5-9-28-10-8-21(32)36-4/h6-7,12,15,20,23-25,27-28,31,33-35H,5,8-11,13-14H2,1-4H3,(H,29,30)/t20-,23-,24+,25-,27+/m1/s1. The van der Waals surface area contributed by atoms with Crippen LogP contribution in [0.2, 0.25) is 0 Å². The molecule has 1 aromatic carbocycles. The molecule has 0 bridgehead atoms. The predicted octanol–water partition coefficient (Wildman–Crippen LogP) is 0.533. The van der Waals surface area contributed by atoms with E-state index < -0.39 is 37.3 Å². The summed E-state index contributed by atoms with van der Waals surface area (Å²) < 4.78 is 21.9. The molecule has 6 N–H and O–H groups in total. The van der Waals surface area contributed by atoms with E-state index in [1.165, 1.54) is 7.11 Å². The lowest BCUT2D eigenvalue weighted by atomic mass is 9.96. The van der Waals surface area contributed by atoms with Gasteiger partial charge in [-0.05, 0) is 49.1 Å². The molecule has 1 aromatic heterocycles. The second kappa shape index (κ2) is 14.6. The van der Waals surface area contributed by atoms with E-state index in [0.29, 0.717) is 26.0 Å². The highest BCUT2D eigenvalue weighted by molar-refractivity contribution is 5.69. The fourth-order valence-corrected chi connectivity index (χ4v) is 4.33. The van der Waals surface area contributed by atoms with Gasteiger partial charge in [0.25, 0.3) is 0 Å². The number of ether oxygens (including phenoxy) is 4. The fraction of sp³-hybridized carbons (Fsp3) is 0.630. The molecule has 39 heavy (non-hydrogen) atoms. The first-order chi connectivity index (χ1) is 18.7. The van der Waals surface area contributed by atoms with E-state index in [2.05, 4.69) is 20.3 Å². The Kier molecular flexibility index (Phi) is 11.5. The van der Waals surface area contributed by atoms with Gasteiger partial charge in [0.2, 0.25) is 12.2 Å². The number of methoxy groups -OCH3 is 1. The monoisotopic (exact) mass is 551 g/mol. The number of carbonyl (C=O) groups excluding carboxylic acids is 1. The van der Waals surface area contributed by atoms with Gasteiger partial charge >= 0.3 is 5.97 Å². The molecule has 0 unspecified atom stereocenters. The lowest BCUT2D eigenvalue weighted by Crippen LogP contribution is -2.60. The van der Waals surface area contributed by atoms with E-state index in [-0.39, 0.29) is 17.8 Å². The van der Waals surface area contributed by atoms with Crippen LogP contribution in [0.25, 0.3) is 0 Å². The normalized spacial score (nSPS) is 23.2. The largest absolute Gasteiger partial charge is 0.494 e. The second-order valence-electron chi connectivity index (χ2n) is 9.93. The lowest BCUT2D eigenvalue weighted by molar-refractivity contribution is -0.278. The molecule has 12 nitrogen and oxygen atoms in total. The van der Waals surface area contributed by atoms with Crippen LogP contribution in [0.4, 0.5) is 0 Å². The van der Waals surface area contributed by atoms with Gasteiger partial charge in [-0.15, -0.1) is 5.10 Å². The number of rotatable bonds is 14. The molecule has 5 atom stereocenters. The summed E-state index contributed by atoms with van der Waals surface area (Å²) in [6, 6.07) is 5.85. The van der Waals surface area contributed by atoms with Crippen LogP contribution in [0.3, 0.4) is 0 Å². The van der Waals surface area contributed by atoms with Crippen LogP contribution in [0, 0.1) is 6.92 Å². The maximum atomic E-state index is 11.1. The fourth-order valence-electron chi connectivity index (χ4n) is 4.33. The van der Waals surface area contributed by atoms with Crippen molar-refractivity contribution in [3.63, 3.8) is 0 Å². The second-order valence-corrected chi connectivity index (χ2v) is 9.93. The van der Waals surface area contributed by atoms with Crippen LogP contribution < -0.4 is 14.8 Å². The predicted molar refractivity (Wildman–Crippen MR) is 141 cm³/mol. The summed E-state index contributed by atoms with van der Waals surface area (Å²) in [5.41, 5.74) is 3.66. The zero-order valence-corrected chi connectivity index (χ0v) is 22.9. The molecule has 0 amide bonds.